The minimum Gasteiger partial charge on any atom is -0.469 e. The number of hydrogen-bond donors (Lipinski definition) is 3. The molecule has 0 bridgehead atoms. The van der Waals surface area contributed by atoms with Crippen LogP contribution in [0, 0.1) is 0 Å². The zero-order valence-electron chi connectivity index (χ0n) is 15.2. The van der Waals surface area contributed by atoms with Crippen LogP contribution in [-0.2, 0) is 9.53 Å². The first-order chi connectivity index (χ1) is 12.6. The molecule has 3 N–H and O–H groups in total. The van der Waals surface area contributed by atoms with Gasteiger partial charge in [-0.2, -0.15) is 0 Å². The maximum Gasteiger partial charge on any atom is 0.319 e. The summed E-state index contributed by atoms with van der Waals surface area (Å²) in [5.41, 5.74) is 1.09. The molecule has 142 valence electrons. The van der Waals surface area contributed by atoms with Gasteiger partial charge in [-0.15, -0.1) is 0 Å². The maximum atomic E-state index is 12.1. The minimum absolute atomic E-state index is 0.128. The molecule has 0 saturated heterocycles. The Kier molecular flexibility index (Phi) is 7.92. The minimum atomic E-state index is -0.371. The van der Waals surface area contributed by atoms with Crippen molar-refractivity contribution in [3.8, 4) is 0 Å². The van der Waals surface area contributed by atoms with Crippen LogP contribution in [0.25, 0.3) is 0 Å². The van der Waals surface area contributed by atoms with Gasteiger partial charge in [0, 0.05) is 23.8 Å². The number of anilines is 1. The second-order valence-corrected chi connectivity index (χ2v) is 6.45. The van der Waals surface area contributed by atoms with Crippen molar-refractivity contribution in [2.24, 2.45) is 0 Å². The van der Waals surface area contributed by atoms with Crippen molar-refractivity contribution >= 4 is 23.6 Å². The van der Waals surface area contributed by atoms with Gasteiger partial charge in [0.05, 0.1) is 13.5 Å². The van der Waals surface area contributed by atoms with E-state index in [4.69, 9.17) is 0 Å². The Bertz CT molecular complexity index is 608. The first-order valence-electron chi connectivity index (χ1n) is 9.11. The first kappa shape index (κ1) is 19.8. The molecule has 7 nitrogen and oxygen atoms in total. The predicted molar refractivity (Wildman–Crippen MR) is 99.1 cm³/mol. The van der Waals surface area contributed by atoms with Crippen LogP contribution < -0.4 is 16.0 Å². The molecule has 0 spiro atoms. The largest absolute Gasteiger partial charge is 0.469 e. The number of rotatable bonds is 6. The SMILES string of the molecule is COC(=O)CCNC(=O)c1ccc(NC(=O)NC2CCCCCC2)cc1. The summed E-state index contributed by atoms with van der Waals surface area (Å²) in [5.74, 6) is -0.645. The molecule has 0 aromatic heterocycles. The number of nitrogens with one attached hydrogen (secondary N) is 3. The molecule has 0 aliphatic heterocycles. The zero-order chi connectivity index (χ0) is 18.8. The topological polar surface area (TPSA) is 96.5 Å². The normalized spacial score (nSPS) is 14.8. The number of carbonyl (C=O) groups is 3. The molecule has 0 radical (unpaired) electrons. The monoisotopic (exact) mass is 361 g/mol. The van der Waals surface area contributed by atoms with E-state index in [0.29, 0.717) is 11.3 Å². The smallest absolute Gasteiger partial charge is 0.319 e. The Morgan fingerprint density at radius 1 is 1.04 bits per heavy atom. The van der Waals surface area contributed by atoms with Crippen molar-refractivity contribution in [1.82, 2.24) is 10.6 Å². The molecule has 1 saturated carbocycles. The van der Waals surface area contributed by atoms with E-state index in [-0.39, 0.29) is 36.9 Å². The molecule has 0 atom stereocenters. The molecule has 1 fully saturated rings. The van der Waals surface area contributed by atoms with Crippen LogP contribution in [0.1, 0.15) is 55.3 Å². The Morgan fingerprint density at radius 2 is 1.69 bits per heavy atom. The summed E-state index contributed by atoms with van der Waals surface area (Å²) in [7, 11) is 1.31. The quantitative estimate of drug-likeness (QED) is 0.536. The van der Waals surface area contributed by atoms with E-state index < -0.39 is 0 Å². The lowest BCUT2D eigenvalue weighted by molar-refractivity contribution is -0.140. The average Bonchev–Trinajstić information content (AvgIpc) is 2.90. The summed E-state index contributed by atoms with van der Waals surface area (Å²) in [5, 5.41) is 8.46. The molecule has 1 aliphatic rings. The molecule has 0 unspecified atom stereocenters. The number of carbonyl (C=O) groups excluding carboxylic acids is 3. The number of urea groups is 1. The molecular formula is C19H27N3O4. The molecule has 7 heteroatoms. The fourth-order valence-electron chi connectivity index (χ4n) is 2.96. The van der Waals surface area contributed by atoms with Gasteiger partial charge in [-0.3, -0.25) is 9.59 Å². The molecule has 2 rings (SSSR count). The number of ether oxygens (including phenoxy) is 1. The number of methoxy groups -OCH3 is 1. The van der Waals surface area contributed by atoms with E-state index in [1.807, 2.05) is 0 Å². The molecule has 3 amide bonds. The van der Waals surface area contributed by atoms with E-state index in [9.17, 15) is 14.4 Å². The first-order valence-corrected chi connectivity index (χ1v) is 9.11. The third-order valence-corrected chi connectivity index (χ3v) is 4.44. The van der Waals surface area contributed by atoms with E-state index in [0.717, 1.165) is 25.7 Å². The van der Waals surface area contributed by atoms with Gasteiger partial charge in [0.1, 0.15) is 0 Å². The van der Waals surface area contributed by atoms with Gasteiger partial charge in [0.15, 0.2) is 0 Å². The van der Waals surface area contributed by atoms with Gasteiger partial charge >= 0.3 is 12.0 Å². The highest BCUT2D eigenvalue weighted by Crippen LogP contribution is 2.17. The van der Waals surface area contributed by atoms with Crippen LogP contribution in [0.2, 0.25) is 0 Å². The molecule has 26 heavy (non-hydrogen) atoms. The number of amides is 3. The second kappa shape index (κ2) is 10.4. The molecule has 1 aliphatic carbocycles. The van der Waals surface area contributed by atoms with Crippen LogP contribution in [0.15, 0.2) is 24.3 Å². The summed E-state index contributed by atoms with van der Waals surface area (Å²) < 4.78 is 4.52. The Hall–Kier alpha value is -2.57. The third-order valence-electron chi connectivity index (χ3n) is 4.44. The highest BCUT2D eigenvalue weighted by Gasteiger charge is 2.14. The van der Waals surface area contributed by atoms with Crippen LogP contribution >= 0.6 is 0 Å². The van der Waals surface area contributed by atoms with E-state index in [2.05, 4.69) is 20.7 Å². The van der Waals surface area contributed by atoms with Gasteiger partial charge in [0.25, 0.3) is 5.91 Å². The lowest BCUT2D eigenvalue weighted by atomic mass is 10.1. The Balaban J connectivity index is 1.77. The molecule has 0 heterocycles. The molecule has 1 aromatic carbocycles. The van der Waals surface area contributed by atoms with Crippen molar-refractivity contribution in [1.29, 1.82) is 0 Å². The summed E-state index contributed by atoms with van der Waals surface area (Å²) in [6, 6.07) is 6.65. The van der Waals surface area contributed by atoms with Gasteiger partial charge in [-0.05, 0) is 37.1 Å². The fraction of sp³-hybridized carbons (Fsp3) is 0.526. The fourth-order valence-corrected chi connectivity index (χ4v) is 2.96. The van der Waals surface area contributed by atoms with Gasteiger partial charge in [-0.1, -0.05) is 25.7 Å². The Morgan fingerprint density at radius 3 is 2.31 bits per heavy atom. The van der Waals surface area contributed by atoms with Gasteiger partial charge < -0.3 is 20.7 Å². The van der Waals surface area contributed by atoms with E-state index in [1.165, 1.54) is 20.0 Å². The Labute approximate surface area is 153 Å². The van der Waals surface area contributed by atoms with Crippen molar-refractivity contribution < 1.29 is 19.1 Å². The summed E-state index contributed by atoms with van der Waals surface area (Å²) in [6.07, 6.45) is 6.97. The molecule has 1 aromatic rings. The van der Waals surface area contributed by atoms with Crippen LogP contribution in [0.5, 0.6) is 0 Å². The van der Waals surface area contributed by atoms with Crippen LogP contribution in [0.3, 0.4) is 0 Å². The summed E-state index contributed by atoms with van der Waals surface area (Å²) in [4.78, 5) is 35.1. The van der Waals surface area contributed by atoms with Crippen molar-refractivity contribution in [3.63, 3.8) is 0 Å². The summed E-state index contributed by atoms with van der Waals surface area (Å²) in [6.45, 7) is 0.218. The lowest BCUT2D eigenvalue weighted by Crippen LogP contribution is -2.37. The van der Waals surface area contributed by atoms with Crippen molar-refractivity contribution in [2.75, 3.05) is 19.0 Å². The van der Waals surface area contributed by atoms with E-state index >= 15 is 0 Å². The van der Waals surface area contributed by atoms with Crippen LogP contribution in [-0.4, -0.2) is 37.6 Å². The van der Waals surface area contributed by atoms with Crippen molar-refractivity contribution in [2.45, 2.75) is 51.0 Å². The summed E-state index contributed by atoms with van der Waals surface area (Å²) >= 11 is 0. The average molecular weight is 361 g/mol. The standard InChI is InChI=1S/C19H27N3O4/c1-26-17(23)12-13-20-18(24)14-8-10-16(11-9-14)22-19(25)21-15-6-4-2-3-5-7-15/h8-11,15H,2-7,12-13H2,1H3,(H,20,24)(H2,21,22,25). The van der Waals surface area contributed by atoms with Crippen molar-refractivity contribution in [3.05, 3.63) is 29.8 Å². The zero-order valence-corrected chi connectivity index (χ0v) is 15.2. The van der Waals surface area contributed by atoms with E-state index in [1.54, 1.807) is 24.3 Å². The third kappa shape index (κ3) is 6.74. The van der Waals surface area contributed by atoms with Gasteiger partial charge in [-0.25, -0.2) is 4.79 Å². The number of hydrogen-bond acceptors (Lipinski definition) is 4. The predicted octanol–water partition coefficient (Wildman–Crippen LogP) is 2.82. The van der Waals surface area contributed by atoms with Crippen LogP contribution in [0.4, 0.5) is 10.5 Å². The lowest BCUT2D eigenvalue weighted by Gasteiger charge is -2.16. The highest BCUT2D eigenvalue weighted by molar-refractivity contribution is 5.95. The second-order valence-electron chi connectivity index (χ2n) is 6.45. The number of esters is 1. The molecular weight excluding hydrogens is 334 g/mol. The highest BCUT2D eigenvalue weighted by atomic mass is 16.5. The maximum absolute atomic E-state index is 12.1. The van der Waals surface area contributed by atoms with Gasteiger partial charge in [0.2, 0.25) is 0 Å². The number of benzene rings is 1.